The first-order valence-corrected chi connectivity index (χ1v) is 6.41. The van der Waals surface area contributed by atoms with Crippen LogP contribution in [0.15, 0.2) is 23.1 Å². The molecule has 1 saturated heterocycles. The van der Waals surface area contributed by atoms with Crippen LogP contribution < -0.4 is 15.8 Å². The van der Waals surface area contributed by atoms with Crippen molar-refractivity contribution in [2.24, 2.45) is 0 Å². The van der Waals surface area contributed by atoms with Crippen LogP contribution in [0.2, 0.25) is 0 Å². The molecule has 0 unspecified atom stereocenters. The summed E-state index contributed by atoms with van der Waals surface area (Å²) in [7, 11) is 1.59. The van der Waals surface area contributed by atoms with Crippen molar-refractivity contribution in [2.45, 2.75) is 16.1 Å². The zero-order valence-electron chi connectivity index (χ0n) is 10.1. The summed E-state index contributed by atoms with van der Waals surface area (Å²) in [5, 5.41) is 12.1. The molecule has 1 heterocycles. The Bertz CT molecular complexity index is 461. The first-order valence-electron chi connectivity index (χ1n) is 5.60. The van der Waals surface area contributed by atoms with E-state index in [0.717, 1.165) is 4.90 Å². The molecule has 5 nitrogen and oxygen atoms in total. The topological polar surface area (TPSA) is 84.6 Å². The van der Waals surface area contributed by atoms with Gasteiger partial charge in [-0.3, -0.25) is 4.79 Å². The lowest BCUT2D eigenvalue weighted by molar-refractivity contribution is -0.138. The first-order chi connectivity index (χ1) is 8.54. The number of nitrogen functional groups attached to an aromatic ring is 1. The smallest absolute Gasteiger partial charge is 0.304 e. The molecular weight excluding hydrogens is 252 g/mol. The second-order valence-corrected chi connectivity index (χ2v) is 5.88. The predicted octanol–water partition coefficient (Wildman–Crippen LogP) is 1.19. The number of benzene rings is 1. The van der Waals surface area contributed by atoms with Crippen LogP contribution in [0.25, 0.3) is 0 Å². The van der Waals surface area contributed by atoms with Gasteiger partial charge in [-0.2, -0.15) is 0 Å². The number of aliphatic carboxylic acids is 1. The van der Waals surface area contributed by atoms with Gasteiger partial charge in [0, 0.05) is 24.8 Å². The molecule has 0 spiro atoms. The van der Waals surface area contributed by atoms with E-state index in [0.29, 0.717) is 24.5 Å². The molecule has 0 bridgehead atoms. The lowest BCUT2D eigenvalue weighted by Crippen LogP contribution is -2.57. The SMILES string of the molecule is COc1cc(N)ccc1SC1(CC(=O)O)CNC1. The number of carbonyl (C=O) groups is 1. The molecule has 0 radical (unpaired) electrons. The summed E-state index contributed by atoms with van der Waals surface area (Å²) < 4.78 is 4.99. The normalized spacial score (nSPS) is 16.9. The number of nitrogens with one attached hydrogen (secondary N) is 1. The number of ether oxygens (including phenoxy) is 1. The number of anilines is 1. The van der Waals surface area contributed by atoms with Gasteiger partial charge in [0.2, 0.25) is 0 Å². The van der Waals surface area contributed by atoms with E-state index < -0.39 is 5.97 Å². The van der Waals surface area contributed by atoms with Crippen LogP contribution in [0.1, 0.15) is 6.42 Å². The van der Waals surface area contributed by atoms with Gasteiger partial charge in [-0.1, -0.05) is 0 Å². The van der Waals surface area contributed by atoms with E-state index in [1.807, 2.05) is 6.07 Å². The second kappa shape index (κ2) is 5.07. The lowest BCUT2D eigenvalue weighted by Gasteiger charge is -2.41. The minimum Gasteiger partial charge on any atom is -0.496 e. The molecule has 1 aliphatic heterocycles. The van der Waals surface area contributed by atoms with Crippen molar-refractivity contribution in [2.75, 3.05) is 25.9 Å². The highest BCUT2D eigenvalue weighted by atomic mass is 32.2. The average molecular weight is 268 g/mol. The maximum absolute atomic E-state index is 10.9. The van der Waals surface area contributed by atoms with Crippen LogP contribution in [0.4, 0.5) is 5.69 Å². The van der Waals surface area contributed by atoms with Crippen LogP contribution in [0.5, 0.6) is 5.75 Å². The fraction of sp³-hybridized carbons (Fsp3) is 0.417. The molecule has 6 heteroatoms. The molecule has 1 aliphatic rings. The lowest BCUT2D eigenvalue weighted by atomic mass is 9.98. The summed E-state index contributed by atoms with van der Waals surface area (Å²) in [6.45, 7) is 1.38. The Balaban J connectivity index is 2.19. The van der Waals surface area contributed by atoms with E-state index in [1.165, 1.54) is 0 Å². The maximum atomic E-state index is 10.9. The summed E-state index contributed by atoms with van der Waals surface area (Å²) in [5.41, 5.74) is 6.33. The number of methoxy groups -OCH3 is 1. The first kappa shape index (κ1) is 13.0. The number of carboxylic acids is 1. The van der Waals surface area contributed by atoms with Gasteiger partial charge in [0.05, 0.1) is 23.2 Å². The van der Waals surface area contributed by atoms with Gasteiger partial charge in [0.15, 0.2) is 0 Å². The molecule has 0 aliphatic carbocycles. The van der Waals surface area contributed by atoms with Gasteiger partial charge in [-0.15, -0.1) is 11.8 Å². The van der Waals surface area contributed by atoms with Gasteiger partial charge in [-0.05, 0) is 12.1 Å². The number of nitrogens with two attached hydrogens (primary N) is 1. The van der Waals surface area contributed by atoms with Crippen molar-refractivity contribution in [1.29, 1.82) is 0 Å². The fourth-order valence-corrected chi connectivity index (χ4v) is 3.30. The number of hydrogen-bond donors (Lipinski definition) is 3. The maximum Gasteiger partial charge on any atom is 0.304 e. The van der Waals surface area contributed by atoms with Crippen LogP contribution in [-0.2, 0) is 4.79 Å². The van der Waals surface area contributed by atoms with Crippen LogP contribution >= 0.6 is 11.8 Å². The van der Waals surface area contributed by atoms with Gasteiger partial charge in [0.25, 0.3) is 0 Å². The molecule has 0 amide bonds. The molecule has 98 valence electrons. The summed E-state index contributed by atoms with van der Waals surface area (Å²) in [6.07, 6.45) is 0.137. The Morgan fingerprint density at radius 2 is 2.33 bits per heavy atom. The molecule has 4 N–H and O–H groups in total. The van der Waals surface area contributed by atoms with E-state index in [9.17, 15) is 4.79 Å². The van der Waals surface area contributed by atoms with Crippen LogP contribution in [0.3, 0.4) is 0 Å². The number of rotatable bonds is 5. The van der Waals surface area contributed by atoms with E-state index in [2.05, 4.69) is 5.32 Å². The molecular formula is C12H16N2O3S. The summed E-state index contributed by atoms with van der Waals surface area (Å²) in [5.74, 6) is -0.0879. The highest BCUT2D eigenvalue weighted by Crippen LogP contribution is 2.43. The molecule has 18 heavy (non-hydrogen) atoms. The standard InChI is InChI=1S/C12H16N2O3S/c1-17-9-4-8(13)2-3-10(9)18-12(5-11(15)16)6-14-7-12/h2-4,14H,5-7,13H2,1H3,(H,15,16). The van der Waals surface area contributed by atoms with Crippen LogP contribution in [0, 0.1) is 0 Å². The van der Waals surface area contributed by atoms with E-state index in [-0.39, 0.29) is 11.2 Å². The Morgan fingerprint density at radius 3 is 2.83 bits per heavy atom. The van der Waals surface area contributed by atoms with E-state index in [4.69, 9.17) is 15.6 Å². The Labute approximate surface area is 110 Å². The largest absolute Gasteiger partial charge is 0.496 e. The van der Waals surface area contributed by atoms with Gasteiger partial charge in [0.1, 0.15) is 5.75 Å². The van der Waals surface area contributed by atoms with Crippen molar-refractivity contribution >= 4 is 23.4 Å². The highest BCUT2D eigenvalue weighted by molar-refractivity contribution is 8.01. The zero-order chi connectivity index (χ0) is 13.2. The van der Waals surface area contributed by atoms with E-state index in [1.54, 1.807) is 31.0 Å². The zero-order valence-corrected chi connectivity index (χ0v) is 10.9. The molecule has 0 saturated carbocycles. The third-order valence-electron chi connectivity index (χ3n) is 2.88. The van der Waals surface area contributed by atoms with Crippen LogP contribution in [-0.4, -0.2) is 36.0 Å². The van der Waals surface area contributed by atoms with Gasteiger partial charge < -0.3 is 20.9 Å². The molecule has 0 aromatic heterocycles. The third-order valence-corrected chi connectivity index (χ3v) is 4.31. The van der Waals surface area contributed by atoms with Gasteiger partial charge in [-0.25, -0.2) is 0 Å². The average Bonchev–Trinajstić information content (AvgIpc) is 2.27. The van der Waals surface area contributed by atoms with Crippen molar-refractivity contribution in [3.63, 3.8) is 0 Å². The molecule has 1 aromatic rings. The fourth-order valence-electron chi connectivity index (χ4n) is 1.91. The molecule has 1 fully saturated rings. The molecule has 2 rings (SSSR count). The van der Waals surface area contributed by atoms with E-state index >= 15 is 0 Å². The summed E-state index contributed by atoms with van der Waals surface area (Å²) in [4.78, 5) is 11.8. The third kappa shape index (κ3) is 2.70. The van der Waals surface area contributed by atoms with Crippen molar-refractivity contribution < 1.29 is 14.6 Å². The summed E-state index contributed by atoms with van der Waals surface area (Å²) in [6, 6.07) is 5.43. The quantitative estimate of drug-likeness (QED) is 0.696. The predicted molar refractivity (Wildman–Crippen MR) is 71.1 cm³/mol. The van der Waals surface area contributed by atoms with Crippen molar-refractivity contribution in [3.8, 4) is 5.75 Å². The second-order valence-electron chi connectivity index (χ2n) is 4.37. The monoisotopic (exact) mass is 268 g/mol. The number of carboxylic acid groups (broad SMARTS) is 1. The number of thioether (sulfide) groups is 1. The minimum absolute atomic E-state index is 0.137. The Morgan fingerprint density at radius 1 is 1.61 bits per heavy atom. The summed E-state index contributed by atoms with van der Waals surface area (Å²) >= 11 is 1.54. The minimum atomic E-state index is -0.779. The Kier molecular flexibility index (Phi) is 3.68. The van der Waals surface area contributed by atoms with Gasteiger partial charge >= 0.3 is 5.97 Å². The Hall–Kier alpha value is -1.40. The van der Waals surface area contributed by atoms with Crippen molar-refractivity contribution in [3.05, 3.63) is 18.2 Å². The molecule has 1 aromatic carbocycles. The molecule has 0 atom stereocenters. The number of hydrogen-bond acceptors (Lipinski definition) is 5. The van der Waals surface area contributed by atoms with Crippen molar-refractivity contribution in [1.82, 2.24) is 5.32 Å². The highest BCUT2D eigenvalue weighted by Gasteiger charge is 2.40.